The van der Waals surface area contributed by atoms with Gasteiger partial charge in [-0.1, -0.05) is 18.2 Å². The van der Waals surface area contributed by atoms with Gasteiger partial charge in [-0.2, -0.15) is 0 Å². The van der Waals surface area contributed by atoms with Crippen molar-refractivity contribution in [3.8, 4) is 11.3 Å². The maximum absolute atomic E-state index is 12.4. The number of amides is 1. The van der Waals surface area contributed by atoms with E-state index in [0.29, 0.717) is 12.2 Å². The molecule has 128 valence electrons. The highest BCUT2D eigenvalue weighted by Crippen LogP contribution is 2.23. The third-order valence-electron chi connectivity index (χ3n) is 4.34. The molecule has 0 fully saturated rings. The van der Waals surface area contributed by atoms with Gasteiger partial charge in [0.2, 0.25) is 0 Å². The zero-order valence-electron chi connectivity index (χ0n) is 14.4. The Bertz CT molecular complexity index is 1070. The van der Waals surface area contributed by atoms with Crippen molar-refractivity contribution in [3.63, 3.8) is 0 Å². The van der Waals surface area contributed by atoms with Gasteiger partial charge in [0, 0.05) is 48.6 Å². The van der Waals surface area contributed by atoms with Gasteiger partial charge >= 0.3 is 0 Å². The number of hydrogen-bond acceptors (Lipinski definition) is 3. The lowest BCUT2D eigenvalue weighted by atomic mass is 10.1. The van der Waals surface area contributed by atoms with Crippen molar-refractivity contribution < 1.29 is 4.79 Å². The summed E-state index contributed by atoms with van der Waals surface area (Å²) < 4.78 is 2.08. The van der Waals surface area contributed by atoms with E-state index in [1.54, 1.807) is 18.5 Å². The number of fused-ring (bicyclic) bond motifs is 1. The van der Waals surface area contributed by atoms with Crippen molar-refractivity contribution in [2.24, 2.45) is 7.05 Å². The van der Waals surface area contributed by atoms with Crippen LogP contribution in [0.5, 0.6) is 0 Å². The van der Waals surface area contributed by atoms with E-state index >= 15 is 0 Å². The number of pyridine rings is 2. The Morgan fingerprint density at radius 2 is 2.04 bits per heavy atom. The first-order valence-electron chi connectivity index (χ1n) is 8.40. The first kappa shape index (κ1) is 16.0. The zero-order valence-corrected chi connectivity index (χ0v) is 14.4. The Balaban J connectivity index is 1.56. The molecule has 3 aromatic heterocycles. The van der Waals surface area contributed by atoms with Gasteiger partial charge in [-0.15, -0.1) is 0 Å². The fourth-order valence-corrected chi connectivity index (χ4v) is 2.94. The molecular formula is C21H18N4O. The number of nitrogens with one attached hydrogen (secondary N) is 1. The second kappa shape index (κ2) is 6.80. The minimum absolute atomic E-state index is 0.198. The fraction of sp³-hybridized carbons (Fsp3) is 0.0952. The zero-order chi connectivity index (χ0) is 17.9. The topological polar surface area (TPSA) is 59.8 Å². The monoisotopic (exact) mass is 342 g/mol. The molecular weight excluding hydrogens is 324 g/mol. The lowest BCUT2D eigenvalue weighted by Gasteiger charge is -2.07. The van der Waals surface area contributed by atoms with Crippen LogP contribution in [0.2, 0.25) is 0 Å². The molecule has 0 spiro atoms. The molecule has 0 unspecified atom stereocenters. The molecule has 1 amide bonds. The number of carbonyl (C=O) groups is 1. The standard InChI is InChI=1S/C21H18N4O/c1-25-11-9-17-12-16(7-8-20(17)25)18-5-2-6-19(24-18)21(26)23-14-15-4-3-10-22-13-15/h2-13H,14H2,1H3,(H,23,26). The number of aromatic nitrogens is 3. The summed E-state index contributed by atoms with van der Waals surface area (Å²) >= 11 is 0. The Kier molecular flexibility index (Phi) is 4.19. The minimum Gasteiger partial charge on any atom is -0.351 e. The van der Waals surface area contributed by atoms with Crippen molar-refractivity contribution in [2.75, 3.05) is 0 Å². The van der Waals surface area contributed by atoms with Crippen LogP contribution in [0.3, 0.4) is 0 Å². The van der Waals surface area contributed by atoms with E-state index < -0.39 is 0 Å². The SMILES string of the molecule is Cn1ccc2cc(-c3cccc(C(=O)NCc4cccnc4)n3)ccc21. The van der Waals surface area contributed by atoms with E-state index in [-0.39, 0.29) is 5.91 Å². The molecule has 0 aliphatic carbocycles. The summed E-state index contributed by atoms with van der Waals surface area (Å²) in [5, 5.41) is 4.03. The van der Waals surface area contributed by atoms with Crippen molar-refractivity contribution in [2.45, 2.75) is 6.54 Å². The van der Waals surface area contributed by atoms with Crippen LogP contribution in [-0.4, -0.2) is 20.4 Å². The van der Waals surface area contributed by atoms with Crippen molar-refractivity contribution in [1.29, 1.82) is 0 Å². The normalized spacial score (nSPS) is 10.8. The minimum atomic E-state index is -0.198. The van der Waals surface area contributed by atoms with Crippen LogP contribution in [0.15, 0.2) is 73.2 Å². The summed E-state index contributed by atoms with van der Waals surface area (Å²) in [5.41, 5.74) is 4.29. The summed E-state index contributed by atoms with van der Waals surface area (Å²) in [6.07, 6.45) is 5.48. The molecule has 0 radical (unpaired) electrons. The van der Waals surface area contributed by atoms with Gasteiger partial charge in [-0.25, -0.2) is 4.98 Å². The largest absolute Gasteiger partial charge is 0.351 e. The Labute approximate surface area is 151 Å². The summed E-state index contributed by atoms with van der Waals surface area (Å²) in [5.74, 6) is -0.198. The molecule has 0 saturated heterocycles. The van der Waals surface area contributed by atoms with Crippen LogP contribution in [0.25, 0.3) is 22.2 Å². The highest BCUT2D eigenvalue weighted by molar-refractivity contribution is 5.93. The van der Waals surface area contributed by atoms with Gasteiger partial charge in [-0.05, 0) is 42.0 Å². The molecule has 0 atom stereocenters. The van der Waals surface area contributed by atoms with Crippen molar-refractivity contribution in [3.05, 3.63) is 84.4 Å². The van der Waals surface area contributed by atoms with E-state index in [9.17, 15) is 4.79 Å². The number of hydrogen-bond donors (Lipinski definition) is 1. The molecule has 1 N–H and O–H groups in total. The predicted octanol–water partition coefficient (Wildman–Crippen LogP) is 3.57. The van der Waals surface area contributed by atoms with Crippen LogP contribution in [0.1, 0.15) is 16.1 Å². The van der Waals surface area contributed by atoms with Gasteiger partial charge in [-0.3, -0.25) is 9.78 Å². The molecule has 0 aliphatic heterocycles. The second-order valence-corrected chi connectivity index (χ2v) is 6.15. The Hall–Kier alpha value is -3.47. The number of benzene rings is 1. The predicted molar refractivity (Wildman–Crippen MR) is 102 cm³/mol. The number of nitrogens with zero attached hydrogens (tertiary/aromatic N) is 3. The van der Waals surface area contributed by atoms with Crippen molar-refractivity contribution in [1.82, 2.24) is 19.9 Å². The van der Waals surface area contributed by atoms with E-state index in [0.717, 1.165) is 22.2 Å². The highest BCUT2D eigenvalue weighted by Gasteiger charge is 2.10. The number of rotatable bonds is 4. The summed E-state index contributed by atoms with van der Waals surface area (Å²) in [7, 11) is 2.02. The van der Waals surface area contributed by atoms with Gasteiger partial charge in [0.15, 0.2) is 0 Å². The third-order valence-corrected chi connectivity index (χ3v) is 4.34. The summed E-state index contributed by atoms with van der Waals surface area (Å²) in [6.45, 7) is 0.425. The maximum Gasteiger partial charge on any atom is 0.270 e. The lowest BCUT2D eigenvalue weighted by molar-refractivity contribution is 0.0946. The second-order valence-electron chi connectivity index (χ2n) is 6.15. The van der Waals surface area contributed by atoms with Gasteiger partial charge < -0.3 is 9.88 Å². The molecule has 4 rings (SSSR count). The van der Waals surface area contributed by atoms with Crippen molar-refractivity contribution >= 4 is 16.8 Å². The number of carbonyl (C=O) groups excluding carboxylic acids is 1. The number of aryl methyl sites for hydroxylation is 1. The molecule has 4 aromatic rings. The first-order chi connectivity index (χ1) is 12.7. The molecule has 1 aromatic carbocycles. The molecule has 5 heteroatoms. The lowest BCUT2D eigenvalue weighted by Crippen LogP contribution is -2.23. The fourth-order valence-electron chi connectivity index (χ4n) is 2.94. The van der Waals surface area contributed by atoms with E-state index in [4.69, 9.17) is 0 Å². The third kappa shape index (κ3) is 3.19. The maximum atomic E-state index is 12.4. The summed E-state index contributed by atoms with van der Waals surface area (Å²) in [6, 6.07) is 17.5. The average Bonchev–Trinajstić information content (AvgIpc) is 3.07. The van der Waals surface area contributed by atoms with E-state index in [2.05, 4.69) is 38.1 Å². The van der Waals surface area contributed by atoms with Gasteiger partial charge in [0.25, 0.3) is 5.91 Å². The average molecular weight is 342 g/mol. The van der Waals surface area contributed by atoms with Crippen LogP contribution in [-0.2, 0) is 13.6 Å². The molecule has 5 nitrogen and oxygen atoms in total. The van der Waals surface area contributed by atoms with Crippen LogP contribution in [0.4, 0.5) is 0 Å². The quantitative estimate of drug-likeness (QED) is 0.617. The molecule has 26 heavy (non-hydrogen) atoms. The summed E-state index contributed by atoms with van der Waals surface area (Å²) in [4.78, 5) is 21.0. The molecule has 0 saturated carbocycles. The van der Waals surface area contributed by atoms with Gasteiger partial charge in [0.1, 0.15) is 5.69 Å². The van der Waals surface area contributed by atoms with E-state index in [1.165, 1.54) is 5.52 Å². The van der Waals surface area contributed by atoms with Crippen LogP contribution < -0.4 is 5.32 Å². The highest BCUT2D eigenvalue weighted by atomic mass is 16.1. The molecule has 3 heterocycles. The van der Waals surface area contributed by atoms with Crippen LogP contribution in [0, 0.1) is 0 Å². The first-order valence-corrected chi connectivity index (χ1v) is 8.40. The van der Waals surface area contributed by atoms with Crippen LogP contribution >= 0.6 is 0 Å². The van der Waals surface area contributed by atoms with Gasteiger partial charge in [0.05, 0.1) is 5.69 Å². The van der Waals surface area contributed by atoms with E-state index in [1.807, 2.05) is 43.6 Å². The Morgan fingerprint density at radius 3 is 2.88 bits per heavy atom. The Morgan fingerprint density at radius 1 is 1.12 bits per heavy atom. The molecule has 0 aliphatic rings. The molecule has 0 bridgehead atoms. The smallest absolute Gasteiger partial charge is 0.270 e.